The van der Waals surface area contributed by atoms with Gasteiger partial charge in [0.25, 0.3) is 5.91 Å². The summed E-state index contributed by atoms with van der Waals surface area (Å²) >= 11 is 0. The fourth-order valence-electron chi connectivity index (χ4n) is 1.72. The van der Waals surface area contributed by atoms with E-state index in [1.165, 1.54) is 0 Å². The largest absolute Gasteiger partial charge is 0.488 e. The molecule has 0 aromatic carbocycles. The third kappa shape index (κ3) is 2.57. The van der Waals surface area contributed by atoms with Crippen LogP contribution in [-0.2, 0) is 0 Å². The fraction of sp³-hybridized carbons (Fsp3) is 0.538. The van der Waals surface area contributed by atoms with Crippen LogP contribution in [0.2, 0.25) is 0 Å². The van der Waals surface area contributed by atoms with Crippen molar-refractivity contribution in [1.29, 1.82) is 0 Å². The molecule has 0 unspecified atom stereocenters. The number of nitrogens with zero attached hydrogens (tertiary/aromatic N) is 1. The summed E-state index contributed by atoms with van der Waals surface area (Å²) in [6.45, 7) is 4.09. The molecule has 1 aromatic rings. The van der Waals surface area contributed by atoms with E-state index in [4.69, 9.17) is 4.74 Å². The first-order valence-corrected chi connectivity index (χ1v) is 6.00. The van der Waals surface area contributed by atoms with E-state index in [-0.39, 0.29) is 17.9 Å². The molecule has 0 saturated heterocycles. The number of hydrogen-bond acceptors (Lipinski definition) is 3. The molecule has 1 aliphatic carbocycles. The van der Waals surface area contributed by atoms with Gasteiger partial charge in [-0.2, -0.15) is 0 Å². The van der Waals surface area contributed by atoms with Crippen LogP contribution in [0.5, 0.6) is 5.75 Å². The molecule has 1 amide bonds. The summed E-state index contributed by atoms with van der Waals surface area (Å²) in [5.41, 5.74) is 1.56. The minimum atomic E-state index is -0.105. The molecule has 1 aromatic heterocycles. The monoisotopic (exact) mass is 234 g/mol. The van der Waals surface area contributed by atoms with Crippen LogP contribution >= 0.6 is 0 Å². The van der Waals surface area contributed by atoms with Gasteiger partial charge in [0.2, 0.25) is 0 Å². The highest BCUT2D eigenvalue weighted by Crippen LogP contribution is 2.32. The van der Waals surface area contributed by atoms with Crippen molar-refractivity contribution in [2.45, 2.75) is 38.7 Å². The van der Waals surface area contributed by atoms with Gasteiger partial charge in [0.1, 0.15) is 0 Å². The Morgan fingerprint density at radius 1 is 1.47 bits per heavy atom. The Hall–Kier alpha value is -1.58. The average Bonchev–Trinajstić information content (AvgIpc) is 3.11. The summed E-state index contributed by atoms with van der Waals surface area (Å²) in [6.07, 6.45) is 5.78. The van der Waals surface area contributed by atoms with Crippen molar-refractivity contribution >= 4 is 5.91 Å². The average molecular weight is 234 g/mol. The van der Waals surface area contributed by atoms with Gasteiger partial charge in [0.05, 0.1) is 17.9 Å². The van der Waals surface area contributed by atoms with Crippen LogP contribution in [0.15, 0.2) is 12.4 Å². The molecule has 1 fully saturated rings. The van der Waals surface area contributed by atoms with E-state index < -0.39 is 0 Å². The molecule has 1 aliphatic rings. The van der Waals surface area contributed by atoms with Crippen LogP contribution in [-0.4, -0.2) is 24.0 Å². The van der Waals surface area contributed by atoms with E-state index in [0.29, 0.717) is 11.3 Å². The highest BCUT2D eigenvalue weighted by Gasteiger charge is 2.27. The maximum Gasteiger partial charge on any atom is 0.255 e. The van der Waals surface area contributed by atoms with Gasteiger partial charge in [-0.1, -0.05) is 13.8 Å². The Balaban J connectivity index is 2.41. The summed E-state index contributed by atoms with van der Waals surface area (Å²) in [5.74, 6) is 0.752. The summed E-state index contributed by atoms with van der Waals surface area (Å²) in [6, 6.07) is 0. The molecule has 1 saturated carbocycles. The molecule has 4 heteroatoms. The van der Waals surface area contributed by atoms with Gasteiger partial charge < -0.3 is 10.1 Å². The van der Waals surface area contributed by atoms with E-state index >= 15 is 0 Å². The Morgan fingerprint density at radius 2 is 2.18 bits per heavy atom. The smallest absolute Gasteiger partial charge is 0.255 e. The van der Waals surface area contributed by atoms with E-state index in [1.54, 1.807) is 19.4 Å². The number of pyridine rings is 1. The van der Waals surface area contributed by atoms with Crippen LogP contribution in [0.4, 0.5) is 0 Å². The molecule has 2 rings (SSSR count). The molecular formula is C13H18N2O2. The molecular weight excluding hydrogens is 216 g/mol. The number of carbonyl (C=O) groups excluding carboxylic acids is 1. The first-order chi connectivity index (χ1) is 8.13. The number of carbonyl (C=O) groups is 1. The number of ether oxygens (including phenoxy) is 1. The Morgan fingerprint density at radius 3 is 2.71 bits per heavy atom. The zero-order valence-electron chi connectivity index (χ0n) is 10.5. The van der Waals surface area contributed by atoms with E-state index in [9.17, 15) is 4.79 Å². The number of rotatable bonds is 4. The lowest BCUT2D eigenvalue weighted by Gasteiger charge is -2.15. The predicted molar refractivity (Wildman–Crippen MR) is 65.4 cm³/mol. The van der Waals surface area contributed by atoms with Crippen LogP contribution in [0.25, 0.3) is 0 Å². The summed E-state index contributed by atoms with van der Waals surface area (Å²) in [7, 11) is 1.63. The van der Waals surface area contributed by atoms with E-state index in [2.05, 4.69) is 10.3 Å². The van der Waals surface area contributed by atoms with Crippen LogP contribution in [0.1, 0.15) is 48.5 Å². The molecule has 92 valence electrons. The Kier molecular flexibility index (Phi) is 3.31. The third-order valence-electron chi connectivity index (χ3n) is 2.83. The second-order valence-electron chi connectivity index (χ2n) is 4.65. The first-order valence-electron chi connectivity index (χ1n) is 6.00. The lowest BCUT2D eigenvalue weighted by atomic mass is 9.98. The zero-order chi connectivity index (χ0) is 12.4. The topological polar surface area (TPSA) is 51.2 Å². The quantitative estimate of drug-likeness (QED) is 0.868. The molecule has 0 spiro atoms. The lowest BCUT2D eigenvalue weighted by molar-refractivity contribution is 0.0957. The van der Waals surface area contributed by atoms with Crippen molar-refractivity contribution < 1.29 is 9.53 Å². The second kappa shape index (κ2) is 4.73. The highest BCUT2D eigenvalue weighted by atomic mass is 16.5. The van der Waals surface area contributed by atoms with Crippen molar-refractivity contribution in [2.75, 3.05) is 7.05 Å². The lowest BCUT2D eigenvalue weighted by Crippen LogP contribution is -2.21. The maximum absolute atomic E-state index is 11.9. The minimum absolute atomic E-state index is 0.105. The number of amides is 1. The first kappa shape index (κ1) is 11.9. The van der Waals surface area contributed by atoms with Gasteiger partial charge in [-0.05, 0) is 24.3 Å². The van der Waals surface area contributed by atoms with Gasteiger partial charge in [0.15, 0.2) is 5.75 Å². The van der Waals surface area contributed by atoms with Gasteiger partial charge in [-0.3, -0.25) is 9.78 Å². The summed E-state index contributed by atoms with van der Waals surface area (Å²) < 4.78 is 5.75. The van der Waals surface area contributed by atoms with Crippen LogP contribution in [0, 0.1) is 0 Å². The Labute approximate surface area is 101 Å². The highest BCUT2D eigenvalue weighted by molar-refractivity contribution is 5.98. The fourth-order valence-corrected chi connectivity index (χ4v) is 1.72. The van der Waals surface area contributed by atoms with Crippen molar-refractivity contribution in [2.24, 2.45) is 0 Å². The minimum Gasteiger partial charge on any atom is -0.488 e. The van der Waals surface area contributed by atoms with Crippen molar-refractivity contribution in [3.8, 4) is 5.75 Å². The van der Waals surface area contributed by atoms with Crippen molar-refractivity contribution in [3.05, 3.63) is 23.5 Å². The van der Waals surface area contributed by atoms with Gasteiger partial charge in [-0.25, -0.2) is 0 Å². The molecule has 17 heavy (non-hydrogen) atoms. The second-order valence-corrected chi connectivity index (χ2v) is 4.65. The van der Waals surface area contributed by atoms with Gasteiger partial charge in [0, 0.05) is 13.2 Å². The molecule has 0 aliphatic heterocycles. The molecule has 0 radical (unpaired) electrons. The standard InChI is InChI=1S/C13H18N2O2/c1-8(2)10-6-15-7-11(17-9-4-5-9)12(10)13(16)14-3/h6-9H,4-5H2,1-3H3,(H,14,16). The third-order valence-corrected chi connectivity index (χ3v) is 2.83. The van der Waals surface area contributed by atoms with Crippen LogP contribution < -0.4 is 10.1 Å². The van der Waals surface area contributed by atoms with Crippen molar-refractivity contribution in [3.63, 3.8) is 0 Å². The molecule has 4 nitrogen and oxygen atoms in total. The zero-order valence-corrected chi connectivity index (χ0v) is 10.5. The Bertz CT molecular complexity index is 425. The van der Waals surface area contributed by atoms with Crippen LogP contribution in [0.3, 0.4) is 0 Å². The molecule has 1 heterocycles. The SMILES string of the molecule is CNC(=O)c1c(OC2CC2)cncc1C(C)C. The van der Waals surface area contributed by atoms with Gasteiger partial charge >= 0.3 is 0 Å². The summed E-state index contributed by atoms with van der Waals surface area (Å²) in [5, 5.41) is 2.66. The van der Waals surface area contributed by atoms with E-state index in [1.807, 2.05) is 13.8 Å². The predicted octanol–water partition coefficient (Wildman–Crippen LogP) is 2.11. The van der Waals surface area contributed by atoms with Crippen molar-refractivity contribution in [1.82, 2.24) is 10.3 Å². The molecule has 0 atom stereocenters. The molecule has 1 N–H and O–H groups in total. The number of aromatic nitrogens is 1. The molecule has 0 bridgehead atoms. The maximum atomic E-state index is 11.9. The summed E-state index contributed by atoms with van der Waals surface area (Å²) in [4.78, 5) is 16.1. The normalized spacial score (nSPS) is 14.8. The van der Waals surface area contributed by atoms with Gasteiger partial charge in [-0.15, -0.1) is 0 Å². The number of nitrogens with one attached hydrogen (secondary N) is 1. The van der Waals surface area contributed by atoms with E-state index in [0.717, 1.165) is 18.4 Å². The number of hydrogen-bond donors (Lipinski definition) is 1.